The van der Waals surface area contributed by atoms with Gasteiger partial charge < -0.3 is 15.1 Å². The van der Waals surface area contributed by atoms with E-state index in [0.717, 1.165) is 5.69 Å². The molecule has 0 saturated carbocycles. The summed E-state index contributed by atoms with van der Waals surface area (Å²) in [5.41, 5.74) is 2.60. The topological polar surface area (TPSA) is 116 Å². The van der Waals surface area contributed by atoms with Gasteiger partial charge in [-0.05, 0) is 30.7 Å². The number of imide groups is 1. The fraction of sp³-hybridized carbons (Fsp3) is 0.240. The molecule has 2 N–H and O–H groups in total. The van der Waals surface area contributed by atoms with Gasteiger partial charge in [-0.1, -0.05) is 24.3 Å². The van der Waals surface area contributed by atoms with Crippen molar-refractivity contribution in [2.75, 3.05) is 23.3 Å². The summed E-state index contributed by atoms with van der Waals surface area (Å²) in [4.78, 5) is 65.3. The zero-order chi connectivity index (χ0) is 23.8. The van der Waals surface area contributed by atoms with Crippen LogP contribution in [0.2, 0.25) is 0 Å². The van der Waals surface area contributed by atoms with Crippen molar-refractivity contribution in [2.24, 2.45) is 0 Å². The molecule has 1 atom stereocenters. The van der Waals surface area contributed by atoms with Gasteiger partial charge in [-0.3, -0.25) is 29.3 Å². The molecule has 3 heterocycles. The molecule has 1 unspecified atom stereocenters. The van der Waals surface area contributed by atoms with Crippen LogP contribution in [0.1, 0.15) is 28.8 Å². The first-order valence-corrected chi connectivity index (χ1v) is 11.0. The monoisotopic (exact) mass is 458 g/mol. The number of benzene rings is 2. The smallest absolute Gasteiger partial charge is 0.255 e. The highest BCUT2D eigenvalue weighted by molar-refractivity contribution is 6.25. The lowest BCUT2D eigenvalue weighted by Crippen LogP contribution is -2.52. The molecule has 9 nitrogen and oxygen atoms in total. The first-order valence-electron chi connectivity index (χ1n) is 11.0. The maximum absolute atomic E-state index is 13.0. The van der Waals surface area contributed by atoms with Gasteiger partial charge in [-0.2, -0.15) is 0 Å². The number of hydrogen-bond donors (Lipinski definition) is 2. The largest absolute Gasteiger partial charge is 0.361 e. The van der Waals surface area contributed by atoms with Crippen LogP contribution < -0.4 is 15.5 Å². The van der Waals surface area contributed by atoms with Crippen molar-refractivity contribution in [3.05, 3.63) is 71.4 Å². The molecule has 0 aromatic heterocycles. The van der Waals surface area contributed by atoms with Crippen LogP contribution in [0.3, 0.4) is 0 Å². The van der Waals surface area contributed by atoms with Gasteiger partial charge in [0.15, 0.2) is 11.6 Å². The zero-order valence-electron chi connectivity index (χ0n) is 18.2. The molecule has 5 rings (SSSR count). The maximum atomic E-state index is 13.0. The van der Waals surface area contributed by atoms with Gasteiger partial charge in [0.1, 0.15) is 6.04 Å². The molecule has 9 heteroatoms. The quantitative estimate of drug-likeness (QED) is 0.404. The molecule has 3 aliphatic rings. The van der Waals surface area contributed by atoms with Crippen molar-refractivity contribution >= 4 is 40.7 Å². The van der Waals surface area contributed by atoms with Crippen molar-refractivity contribution < 1.29 is 24.0 Å². The molecule has 2 aromatic rings. The Hall–Kier alpha value is -4.27. The number of ketones is 2. The van der Waals surface area contributed by atoms with Crippen molar-refractivity contribution in [1.29, 1.82) is 0 Å². The zero-order valence-corrected chi connectivity index (χ0v) is 18.2. The molecule has 2 saturated heterocycles. The van der Waals surface area contributed by atoms with Gasteiger partial charge in [-0.25, -0.2) is 0 Å². The Labute approximate surface area is 195 Å². The SMILES string of the molecule is O=C1CCC(N2Cc3c(NC=C4C(=O)CN(c5ccccc5)CC4=O)cccc3C2=O)C(=O)N1. The Morgan fingerprint density at radius 2 is 1.62 bits per heavy atom. The van der Waals surface area contributed by atoms with E-state index in [1.807, 2.05) is 30.3 Å². The second kappa shape index (κ2) is 8.58. The highest BCUT2D eigenvalue weighted by Gasteiger charge is 2.40. The third kappa shape index (κ3) is 3.85. The third-order valence-electron chi connectivity index (χ3n) is 6.35. The van der Waals surface area contributed by atoms with Crippen LogP contribution in [-0.4, -0.2) is 53.3 Å². The van der Waals surface area contributed by atoms with Crippen LogP contribution in [0.4, 0.5) is 11.4 Å². The molecule has 0 spiro atoms. The highest BCUT2D eigenvalue weighted by atomic mass is 16.2. The number of carbonyl (C=O) groups excluding carboxylic acids is 5. The summed E-state index contributed by atoms with van der Waals surface area (Å²) in [5, 5.41) is 5.32. The molecule has 2 aromatic carbocycles. The van der Waals surface area contributed by atoms with E-state index >= 15 is 0 Å². The van der Waals surface area contributed by atoms with Crippen LogP contribution in [-0.2, 0) is 25.7 Å². The number of piperidine rings is 2. The highest BCUT2D eigenvalue weighted by Crippen LogP contribution is 2.32. The average Bonchev–Trinajstić information content (AvgIpc) is 3.16. The summed E-state index contributed by atoms with van der Waals surface area (Å²) in [7, 11) is 0. The first kappa shape index (κ1) is 21.6. The second-order valence-corrected chi connectivity index (χ2v) is 8.47. The number of amides is 3. The number of Topliss-reactive ketones (excluding diaryl/α,β-unsaturated/α-hetero) is 2. The fourth-order valence-electron chi connectivity index (χ4n) is 4.58. The number of fused-ring (bicyclic) bond motifs is 1. The summed E-state index contributed by atoms with van der Waals surface area (Å²) in [6.45, 7) is 0.381. The van der Waals surface area contributed by atoms with Crippen molar-refractivity contribution in [2.45, 2.75) is 25.4 Å². The summed E-state index contributed by atoms with van der Waals surface area (Å²) in [6, 6.07) is 13.7. The Kier molecular flexibility index (Phi) is 5.45. The normalized spacial score (nSPS) is 20.4. The fourth-order valence-corrected chi connectivity index (χ4v) is 4.58. The molecule has 172 valence electrons. The van der Waals surface area contributed by atoms with Crippen LogP contribution in [0.15, 0.2) is 60.3 Å². The van der Waals surface area contributed by atoms with Gasteiger partial charge in [-0.15, -0.1) is 0 Å². The van der Waals surface area contributed by atoms with Gasteiger partial charge in [0.25, 0.3) is 5.91 Å². The predicted octanol–water partition coefficient (Wildman–Crippen LogP) is 1.40. The second-order valence-electron chi connectivity index (χ2n) is 8.47. The van der Waals surface area contributed by atoms with Crippen LogP contribution in [0.25, 0.3) is 0 Å². The Morgan fingerprint density at radius 1 is 0.882 bits per heavy atom. The van der Waals surface area contributed by atoms with E-state index in [9.17, 15) is 24.0 Å². The van der Waals surface area contributed by atoms with Gasteiger partial charge in [0.05, 0.1) is 18.7 Å². The third-order valence-corrected chi connectivity index (χ3v) is 6.35. The van der Waals surface area contributed by atoms with Gasteiger partial charge in [0.2, 0.25) is 11.8 Å². The molecule has 0 aliphatic carbocycles. The lowest BCUT2D eigenvalue weighted by molar-refractivity contribution is -0.137. The number of nitrogens with zero attached hydrogens (tertiary/aromatic N) is 2. The molecular weight excluding hydrogens is 436 g/mol. The lowest BCUT2D eigenvalue weighted by Gasteiger charge is -2.29. The summed E-state index contributed by atoms with van der Waals surface area (Å²) in [5.74, 6) is -1.69. The van der Waals surface area contributed by atoms with Crippen LogP contribution >= 0.6 is 0 Å². The van der Waals surface area contributed by atoms with Crippen LogP contribution in [0, 0.1) is 0 Å². The van der Waals surface area contributed by atoms with E-state index < -0.39 is 11.9 Å². The molecule has 3 aliphatic heterocycles. The molecule has 0 radical (unpaired) electrons. The molecule has 34 heavy (non-hydrogen) atoms. The van der Waals surface area contributed by atoms with E-state index in [2.05, 4.69) is 10.6 Å². The number of carbonyl (C=O) groups is 5. The molecule has 0 bridgehead atoms. The Bertz CT molecular complexity index is 1230. The minimum Gasteiger partial charge on any atom is -0.361 e. The minimum absolute atomic E-state index is 0.0798. The molecule has 2 fully saturated rings. The van der Waals surface area contributed by atoms with E-state index in [4.69, 9.17) is 0 Å². The predicted molar refractivity (Wildman–Crippen MR) is 123 cm³/mol. The number of anilines is 2. The molecular formula is C25H22N4O5. The standard InChI is InChI=1S/C25H22N4O5/c30-21-13-28(15-5-2-1-3-6-15)14-22(31)17(21)11-26-19-8-4-7-16-18(19)12-29(25(16)34)20-9-10-23(32)27-24(20)33/h1-8,11,20,26H,9-10,12-14H2,(H,27,32,33). The van der Waals surface area contributed by atoms with Crippen molar-refractivity contribution in [1.82, 2.24) is 10.2 Å². The Morgan fingerprint density at radius 3 is 2.32 bits per heavy atom. The van der Waals surface area contributed by atoms with Crippen molar-refractivity contribution in [3.8, 4) is 0 Å². The minimum atomic E-state index is -0.714. The summed E-state index contributed by atoms with van der Waals surface area (Å²) in [6.07, 6.45) is 1.86. The average molecular weight is 458 g/mol. The maximum Gasteiger partial charge on any atom is 0.255 e. The number of nitrogens with one attached hydrogen (secondary N) is 2. The van der Waals surface area contributed by atoms with E-state index in [-0.39, 0.29) is 61.4 Å². The Balaban J connectivity index is 1.33. The summed E-state index contributed by atoms with van der Waals surface area (Å²) >= 11 is 0. The number of hydrogen-bond acceptors (Lipinski definition) is 7. The van der Waals surface area contributed by atoms with E-state index in [1.165, 1.54) is 11.1 Å². The first-order chi connectivity index (χ1) is 16.4. The van der Waals surface area contributed by atoms with Gasteiger partial charge in [0, 0.05) is 41.7 Å². The molecule has 3 amide bonds. The van der Waals surface area contributed by atoms with Crippen LogP contribution in [0.5, 0.6) is 0 Å². The van der Waals surface area contributed by atoms with Gasteiger partial charge >= 0.3 is 0 Å². The van der Waals surface area contributed by atoms with Crippen molar-refractivity contribution in [3.63, 3.8) is 0 Å². The lowest BCUT2D eigenvalue weighted by atomic mass is 10.0. The number of para-hydroxylation sites is 1. The summed E-state index contributed by atoms with van der Waals surface area (Å²) < 4.78 is 0. The van der Waals surface area contributed by atoms with E-state index in [1.54, 1.807) is 23.1 Å². The number of rotatable bonds is 4. The van der Waals surface area contributed by atoms with E-state index in [0.29, 0.717) is 16.8 Å².